The van der Waals surface area contributed by atoms with Gasteiger partial charge in [-0.3, -0.25) is 4.79 Å². The Morgan fingerprint density at radius 2 is 1.79 bits per heavy atom. The quantitative estimate of drug-likeness (QED) is 0.363. The minimum absolute atomic E-state index is 0.304. The van der Waals surface area contributed by atoms with Gasteiger partial charge < -0.3 is 14.6 Å². The fourth-order valence-electron chi connectivity index (χ4n) is 2.68. The molecule has 3 rings (SSSR count). The summed E-state index contributed by atoms with van der Waals surface area (Å²) in [5.74, 6) is -0.0997. The first kappa shape index (κ1) is 24.8. The van der Waals surface area contributed by atoms with Crippen LogP contribution < -0.4 is 9.47 Å². The lowest BCUT2D eigenvalue weighted by Gasteiger charge is -2.20. The highest BCUT2D eigenvalue weighted by atomic mass is 32.2. The third-order valence-electron chi connectivity index (χ3n) is 4.43. The van der Waals surface area contributed by atoms with Gasteiger partial charge in [0.25, 0.3) is 0 Å². The molecule has 0 unspecified atom stereocenters. The van der Waals surface area contributed by atoms with E-state index in [1.165, 1.54) is 47.6 Å². The van der Waals surface area contributed by atoms with Crippen molar-refractivity contribution < 1.29 is 32.5 Å². The van der Waals surface area contributed by atoms with Crippen LogP contribution in [0.15, 0.2) is 47.4 Å². The minimum Gasteiger partial charge on any atom is -0.493 e. The van der Waals surface area contributed by atoms with Crippen LogP contribution in [0.4, 0.5) is 13.2 Å². The predicted molar refractivity (Wildman–Crippen MR) is 120 cm³/mol. The average molecular weight is 499 g/mol. The Hall–Kier alpha value is -2.79. The molecule has 3 aromatic rings. The fourth-order valence-corrected chi connectivity index (χ4v) is 4.31. The van der Waals surface area contributed by atoms with Crippen molar-refractivity contribution in [1.29, 1.82) is 0 Å². The minimum atomic E-state index is -4.74. The SMILES string of the molecule is Cc1cc(OCCc2nc(-c3ccc(OC(F)(F)F)cc3)ns2)ccc1SC(C)(C)C(=O)O. The van der Waals surface area contributed by atoms with Gasteiger partial charge in [-0.2, -0.15) is 4.37 Å². The summed E-state index contributed by atoms with van der Waals surface area (Å²) < 4.78 is 49.8. The van der Waals surface area contributed by atoms with E-state index in [0.29, 0.717) is 30.2 Å². The van der Waals surface area contributed by atoms with Gasteiger partial charge in [0.2, 0.25) is 0 Å². The van der Waals surface area contributed by atoms with Gasteiger partial charge in [0, 0.05) is 16.9 Å². The van der Waals surface area contributed by atoms with Gasteiger partial charge in [0.15, 0.2) is 5.82 Å². The maximum atomic E-state index is 12.3. The third-order valence-corrected chi connectivity index (χ3v) is 6.56. The van der Waals surface area contributed by atoms with Crippen LogP contribution in [-0.2, 0) is 11.2 Å². The monoisotopic (exact) mass is 498 g/mol. The number of nitrogens with zero attached hydrogens (tertiary/aromatic N) is 2. The third kappa shape index (κ3) is 7.10. The van der Waals surface area contributed by atoms with Gasteiger partial charge in [-0.15, -0.1) is 24.9 Å². The van der Waals surface area contributed by atoms with Crippen molar-refractivity contribution in [3.05, 3.63) is 53.0 Å². The Labute approximate surface area is 196 Å². The van der Waals surface area contributed by atoms with E-state index in [4.69, 9.17) is 4.74 Å². The van der Waals surface area contributed by atoms with Crippen molar-refractivity contribution in [3.63, 3.8) is 0 Å². The number of halogens is 3. The van der Waals surface area contributed by atoms with E-state index in [2.05, 4.69) is 14.1 Å². The topological polar surface area (TPSA) is 81.5 Å². The molecule has 0 aliphatic rings. The molecule has 0 radical (unpaired) electrons. The molecule has 0 aliphatic carbocycles. The average Bonchev–Trinajstić information content (AvgIpc) is 3.18. The number of hydrogen-bond donors (Lipinski definition) is 1. The summed E-state index contributed by atoms with van der Waals surface area (Å²) in [5.41, 5.74) is 1.50. The predicted octanol–water partition coefficient (Wildman–Crippen LogP) is 5.99. The second kappa shape index (κ2) is 10.0. The molecule has 6 nitrogen and oxygen atoms in total. The lowest BCUT2D eigenvalue weighted by molar-refractivity contribution is -0.274. The fraction of sp³-hybridized carbons (Fsp3) is 0.318. The van der Waals surface area contributed by atoms with E-state index in [1.807, 2.05) is 19.1 Å². The highest BCUT2D eigenvalue weighted by molar-refractivity contribution is 8.01. The number of thioether (sulfide) groups is 1. The van der Waals surface area contributed by atoms with Crippen LogP contribution in [0.2, 0.25) is 0 Å². The van der Waals surface area contributed by atoms with Gasteiger partial charge >= 0.3 is 12.3 Å². The molecule has 176 valence electrons. The molecule has 0 amide bonds. The molecule has 1 N–H and O–H groups in total. The molecule has 0 fully saturated rings. The van der Waals surface area contributed by atoms with Crippen LogP contribution in [0.1, 0.15) is 24.4 Å². The van der Waals surface area contributed by atoms with Crippen molar-refractivity contribution in [2.24, 2.45) is 0 Å². The van der Waals surface area contributed by atoms with Crippen LogP contribution >= 0.6 is 23.3 Å². The van der Waals surface area contributed by atoms with E-state index >= 15 is 0 Å². The molecule has 0 atom stereocenters. The zero-order valence-electron chi connectivity index (χ0n) is 18.0. The first-order chi connectivity index (χ1) is 15.4. The number of benzene rings is 2. The van der Waals surface area contributed by atoms with Crippen molar-refractivity contribution in [2.45, 2.75) is 43.2 Å². The van der Waals surface area contributed by atoms with E-state index in [0.717, 1.165) is 15.5 Å². The van der Waals surface area contributed by atoms with Crippen LogP contribution in [0, 0.1) is 6.92 Å². The summed E-state index contributed by atoms with van der Waals surface area (Å²) in [5, 5.41) is 10.0. The molecule has 0 bridgehead atoms. The second-order valence-electron chi connectivity index (χ2n) is 7.53. The number of aliphatic carboxylic acids is 1. The van der Waals surface area contributed by atoms with E-state index in [9.17, 15) is 23.1 Å². The standard InChI is InChI=1S/C22H21F3N2O4S2/c1-13-12-16(8-9-17(13)32-21(2,3)20(28)29)30-11-10-18-26-19(27-33-18)14-4-6-15(7-5-14)31-22(23,24)25/h4-9,12H,10-11H2,1-3H3,(H,28,29). The highest BCUT2D eigenvalue weighted by Crippen LogP contribution is 2.36. The summed E-state index contributed by atoms with van der Waals surface area (Å²) in [6.07, 6.45) is -4.23. The maximum Gasteiger partial charge on any atom is 0.573 e. The molecule has 0 saturated heterocycles. The number of ether oxygens (including phenoxy) is 2. The summed E-state index contributed by atoms with van der Waals surface area (Å²) in [7, 11) is 0. The maximum absolute atomic E-state index is 12.3. The zero-order valence-corrected chi connectivity index (χ0v) is 19.6. The number of rotatable bonds is 9. The summed E-state index contributed by atoms with van der Waals surface area (Å²) in [6.45, 7) is 5.57. The number of hydrogen-bond acceptors (Lipinski definition) is 7. The number of aromatic nitrogens is 2. The van der Waals surface area contributed by atoms with E-state index in [-0.39, 0.29) is 5.75 Å². The normalized spacial score (nSPS) is 11.9. The van der Waals surface area contributed by atoms with Gasteiger partial charge in [0.1, 0.15) is 21.3 Å². The molecule has 0 aliphatic heterocycles. The zero-order chi connectivity index (χ0) is 24.2. The highest BCUT2D eigenvalue weighted by Gasteiger charge is 2.31. The molecular weight excluding hydrogens is 477 g/mol. The van der Waals surface area contributed by atoms with Crippen molar-refractivity contribution in [1.82, 2.24) is 9.36 Å². The summed E-state index contributed by atoms with van der Waals surface area (Å²) in [4.78, 5) is 16.6. The van der Waals surface area contributed by atoms with Gasteiger partial charge in [0.05, 0.1) is 6.61 Å². The van der Waals surface area contributed by atoms with Crippen LogP contribution in [0.5, 0.6) is 11.5 Å². The Morgan fingerprint density at radius 1 is 1.12 bits per heavy atom. The first-order valence-corrected chi connectivity index (χ1v) is 11.4. The van der Waals surface area contributed by atoms with Gasteiger partial charge in [-0.1, -0.05) is 0 Å². The summed E-state index contributed by atoms with van der Waals surface area (Å²) >= 11 is 2.48. The smallest absolute Gasteiger partial charge is 0.493 e. The molecule has 2 aromatic carbocycles. The number of carboxylic acid groups (broad SMARTS) is 1. The number of aryl methyl sites for hydroxylation is 1. The molecule has 0 saturated carbocycles. The molecule has 1 heterocycles. The largest absolute Gasteiger partial charge is 0.573 e. The van der Waals surface area contributed by atoms with Gasteiger partial charge in [-0.05, 0) is 80.3 Å². The number of carbonyl (C=O) groups is 1. The number of carboxylic acids is 1. The molecule has 1 aromatic heterocycles. The molecular formula is C22H21F3N2O4S2. The van der Waals surface area contributed by atoms with E-state index in [1.54, 1.807) is 19.9 Å². The lowest BCUT2D eigenvalue weighted by atomic mass is 10.2. The Bertz CT molecular complexity index is 1120. The molecule has 11 heteroatoms. The first-order valence-electron chi connectivity index (χ1n) is 9.77. The molecule has 33 heavy (non-hydrogen) atoms. The van der Waals surface area contributed by atoms with Crippen LogP contribution in [-0.4, -0.2) is 38.1 Å². The van der Waals surface area contributed by atoms with Crippen LogP contribution in [0.25, 0.3) is 11.4 Å². The van der Waals surface area contributed by atoms with Crippen molar-refractivity contribution in [2.75, 3.05) is 6.61 Å². The molecule has 0 spiro atoms. The Balaban J connectivity index is 1.55. The number of alkyl halides is 3. The van der Waals surface area contributed by atoms with Crippen LogP contribution in [0.3, 0.4) is 0 Å². The summed E-state index contributed by atoms with van der Waals surface area (Å²) in [6, 6.07) is 10.9. The van der Waals surface area contributed by atoms with Crippen molar-refractivity contribution in [3.8, 4) is 22.9 Å². The van der Waals surface area contributed by atoms with Gasteiger partial charge in [-0.25, -0.2) is 4.98 Å². The Kier molecular flexibility index (Phi) is 7.53. The lowest BCUT2D eigenvalue weighted by Crippen LogP contribution is -2.27. The Morgan fingerprint density at radius 3 is 2.39 bits per heavy atom. The second-order valence-corrected chi connectivity index (χ2v) is 10.0. The van der Waals surface area contributed by atoms with E-state index < -0.39 is 17.1 Å². The van der Waals surface area contributed by atoms with Crippen molar-refractivity contribution >= 4 is 29.3 Å².